The average molecular weight is 286 g/mol. The Morgan fingerprint density at radius 2 is 2.05 bits per heavy atom. The van der Waals surface area contributed by atoms with Crippen molar-refractivity contribution in [2.75, 3.05) is 7.11 Å². The van der Waals surface area contributed by atoms with E-state index in [4.69, 9.17) is 4.74 Å². The number of carbonyl (C=O) groups excluding carboxylic acids is 2. The molecule has 0 radical (unpaired) electrons. The van der Waals surface area contributed by atoms with Crippen LogP contribution in [0.5, 0.6) is 5.75 Å². The number of hydrogen-bond acceptors (Lipinski definition) is 4. The highest BCUT2D eigenvalue weighted by molar-refractivity contribution is 5.98. The number of aromatic nitrogens is 2. The van der Waals surface area contributed by atoms with Crippen molar-refractivity contribution in [3.63, 3.8) is 0 Å². The zero-order valence-electron chi connectivity index (χ0n) is 12.4. The van der Waals surface area contributed by atoms with Gasteiger partial charge in [-0.05, 0) is 13.0 Å². The van der Waals surface area contributed by atoms with Gasteiger partial charge in [0.1, 0.15) is 11.5 Å². The molecule has 0 saturated carbocycles. The van der Waals surface area contributed by atoms with Crippen LogP contribution in [0.15, 0.2) is 36.7 Å². The van der Waals surface area contributed by atoms with Gasteiger partial charge in [-0.15, -0.1) is 0 Å². The number of benzene rings is 1. The molecule has 0 aliphatic heterocycles. The van der Waals surface area contributed by atoms with E-state index in [9.17, 15) is 9.59 Å². The van der Waals surface area contributed by atoms with Gasteiger partial charge in [-0.1, -0.05) is 18.2 Å². The van der Waals surface area contributed by atoms with E-state index < -0.39 is 5.92 Å². The Labute approximate surface area is 123 Å². The predicted molar refractivity (Wildman–Crippen MR) is 78.6 cm³/mol. The first-order valence-corrected chi connectivity index (χ1v) is 6.68. The van der Waals surface area contributed by atoms with Gasteiger partial charge in [0.25, 0.3) is 0 Å². The molecule has 110 valence electrons. The van der Waals surface area contributed by atoms with E-state index in [1.165, 1.54) is 6.92 Å². The van der Waals surface area contributed by atoms with Crippen LogP contribution < -0.4 is 4.74 Å². The Morgan fingerprint density at radius 1 is 1.33 bits per heavy atom. The first kappa shape index (κ1) is 15.0. The SMILES string of the molecule is COc1ccccc1C(CC(=O)c1nccn1C)C(C)=O. The first-order chi connectivity index (χ1) is 10.0. The highest BCUT2D eigenvalue weighted by atomic mass is 16.5. The lowest BCUT2D eigenvalue weighted by Gasteiger charge is -2.16. The molecule has 0 N–H and O–H groups in total. The molecular weight excluding hydrogens is 268 g/mol. The lowest BCUT2D eigenvalue weighted by Crippen LogP contribution is -2.17. The Balaban J connectivity index is 2.30. The second kappa shape index (κ2) is 6.35. The van der Waals surface area contributed by atoms with Gasteiger partial charge in [-0.2, -0.15) is 0 Å². The number of nitrogens with zero attached hydrogens (tertiary/aromatic N) is 2. The molecule has 2 rings (SSSR count). The number of hydrogen-bond donors (Lipinski definition) is 0. The molecule has 2 aromatic rings. The van der Waals surface area contributed by atoms with E-state index in [1.807, 2.05) is 18.2 Å². The van der Waals surface area contributed by atoms with Crippen LogP contribution in [0.2, 0.25) is 0 Å². The fourth-order valence-electron chi connectivity index (χ4n) is 2.34. The van der Waals surface area contributed by atoms with E-state index in [2.05, 4.69) is 4.98 Å². The number of Topliss-reactive ketones (excluding diaryl/α,β-unsaturated/α-hetero) is 2. The molecule has 5 nitrogen and oxygen atoms in total. The van der Waals surface area contributed by atoms with Crippen LogP contribution in [0.4, 0.5) is 0 Å². The van der Waals surface area contributed by atoms with Gasteiger partial charge in [0.15, 0.2) is 11.6 Å². The fraction of sp³-hybridized carbons (Fsp3) is 0.312. The highest BCUT2D eigenvalue weighted by Gasteiger charge is 2.25. The molecule has 1 atom stereocenters. The van der Waals surface area contributed by atoms with Crippen molar-refractivity contribution in [1.29, 1.82) is 0 Å². The second-order valence-corrected chi connectivity index (χ2v) is 4.89. The molecule has 0 amide bonds. The largest absolute Gasteiger partial charge is 0.496 e. The molecule has 1 aromatic heterocycles. The van der Waals surface area contributed by atoms with E-state index in [1.54, 1.807) is 37.2 Å². The van der Waals surface area contributed by atoms with Gasteiger partial charge in [0.2, 0.25) is 0 Å². The molecule has 0 aliphatic rings. The Bertz CT molecular complexity index is 661. The highest BCUT2D eigenvalue weighted by Crippen LogP contribution is 2.30. The number of para-hydroxylation sites is 1. The van der Waals surface area contributed by atoms with Gasteiger partial charge in [0, 0.05) is 31.4 Å². The number of carbonyl (C=O) groups is 2. The van der Waals surface area contributed by atoms with Gasteiger partial charge < -0.3 is 9.30 Å². The van der Waals surface area contributed by atoms with Crippen molar-refractivity contribution in [2.24, 2.45) is 7.05 Å². The molecule has 0 aliphatic carbocycles. The van der Waals surface area contributed by atoms with Crippen molar-refractivity contribution >= 4 is 11.6 Å². The molecule has 0 spiro atoms. The van der Waals surface area contributed by atoms with Crippen molar-refractivity contribution in [1.82, 2.24) is 9.55 Å². The molecule has 1 heterocycles. The zero-order chi connectivity index (χ0) is 15.4. The maximum atomic E-state index is 12.3. The summed E-state index contributed by atoms with van der Waals surface area (Å²) in [5.74, 6) is 0.225. The number of aryl methyl sites for hydroxylation is 1. The molecule has 1 unspecified atom stereocenters. The maximum absolute atomic E-state index is 12.3. The lowest BCUT2D eigenvalue weighted by molar-refractivity contribution is -0.118. The number of ether oxygens (including phenoxy) is 1. The summed E-state index contributed by atoms with van der Waals surface area (Å²) in [6.45, 7) is 1.49. The summed E-state index contributed by atoms with van der Waals surface area (Å²) in [6, 6.07) is 7.27. The van der Waals surface area contributed by atoms with Crippen LogP contribution in [0.1, 0.15) is 35.4 Å². The summed E-state index contributed by atoms with van der Waals surface area (Å²) in [6.07, 6.45) is 3.36. The van der Waals surface area contributed by atoms with Crippen LogP contribution in [0.25, 0.3) is 0 Å². The average Bonchev–Trinajstić information content (AvgIpc) is 2.90. The van der Waals surface area contributed by atoms with Crippen LogP contribution >= 0.6 is 0 Å². The summed E-state index contributed by atoms with van der Waals surface area (Å²) in [7, 11) is 3.31. The molecule has 0 saturated heterocycles. The monoisotopic (exact) mass is 286 g/mol. The quantitative estimate of drug-likeness (QED) is 0.765. The minimum atomic E-state index is -0.523. The minimum Gasteiger partial charge on any atom is -0.496 e. The lowest BCUT2D eigenvalue weighted by atomic mass is 9.89. The van der Waals surface area contributed by atoms with Crippen LogP contribution in [-0.4, -0.2) is 28.2 Å². The smallest absolute Gasteiger partial charge is 0.199 e. The van der Waals surface area contributed by atoms with E-state index >= 15 is 0 Å². The van der Waals surface area contributed by atoms with Crippen LogP contribution in [-0.2, 0) is 11.8 Å². The molecular formula is C16H18N2O3. The summed E-state index contributed by atoms with van der Waals surface area (Å²) < 4.78 is 6.94. The van der Waals surface area contributed by atoms with Crippen molar-refractivity contribution in [3.05, 3.63) is 48.0 Å². The van der Waals surface area contributed by atoms with Crippen molar-refractivity contribution < 1.29 is 14.3 Å². The topological polar surface area (TPSA) is 61.2 Å². The first-order valence-electron chi connectivity index (χ1n) is 6.68. The van der Waals surface area contributed by atoms with Gasteiger partial charge in [-0.25, -0.2) is 4.98 Å². The third-order valence-electron chi connectivity index (χ3n) is 3.47. The molecule has 0 fully saturated rings. The number of rotatable bonds is 6. The maximum Gasteiger partial charge on any atom is 0.199 e. The Morgan fingerprint density at radius 3 is 2.62 bits per heavy atom. The van der Waals surface area contributed by atoms with Crippen molar-refractivity contribution in [2.45, 2.75) is 19.3 Å². The van der Waals surface area contributed by atoms with E-state index in [0.29, 0.717) is 11.6 Å². The third kappa shape index (κ3) is 3.18. The van der Waals surface area contributed by atoms with E-state index in [0.717, 1.165) is 5.56 Å². The van der Waals surface area contributed by atoms with Gasteiger partial charge >= 0.3 is 0 Å². The normalized spacial score (nSPS) is 12.0. The summed E-state index contributed by atoms with van der Waals surface area (Å²) in [5, 5.41) is 0. The number of ketones is 2. The van der Waals surface area contributed by atoms with Crippen molar-refractivity contribution in [3.8, 4) is 5.75 Å². The van der Waals surface area contributed by atoms with Gasteiger partial charge in [-0.3, -0.25) is 9.59 Å². The molecule has 0 bridgehead atoms. The van der Waals surface area contributed by atoms with E-state index in [-0.39, 0.29) is 18.0 Å². The second-order valence-electron chi connectivity index (χ2n) is 4.89. The van der Waals surface area contributed by atoms with Crippen LogP contribution in [0, 0.1) is 0 Å². The predicted octanol–water partition coefficient (Wildman–Crippen LogP) is 2.37. The molecule has 21 heavy (non-hydrogen) atoms. The fourth-order valence-corrected chi connectivity index (χ4v) is 2.34. The summed E-state index contributed by atoms with van der Waals surface area (Å²) in [5.41, 5.74) is 0.732. The third-order valence-corrected chi connectivity index (χ3v) is 3.47. The molecule has 5 heteroatoms. The Hall–Kier alpha value is -2.43. The van der Waals surface area contributed by atoms with Crippen LogP contribution in [0.3, 0.4) is 0 Å². The number of imidazole rings is 1. The zero-order valence-corrected chi connectivity index (χ0v) is 12.4. The summed E-state index contributed by atoms with van der Waals surface area (Å²) >= 11 is 0. The Kier molecular flexibility index (Phi) is 4.52. The standard InChI is InChI=1S/C16H18N2O3/c1-11(19)13(12-6-4-5-7-15(12)21-3)10-14(20)16-17-8-9-18(16)2/h4-9,13H,10H2,1-3H3. The van der Waals surface area contributed by atoms with Gasteiger partial charge in [0.05, 0.1) is 13.0 Å². The molecule has 1 aromatic carbocycles. The minimum absolute atomic E-state index is 0.0675. The number of methoxy groups -OCH3 is 1. The summed E-state index contributed by atoms with van der Waals surface area (Å²) in [4.78, 5) is 28.3.